The topological polar surface area (TPSA) is 58.9 Å². The Labute approximate surface area is 119 Å². The first-order valence-corrected chi connectivity index (χ1v) is 7.55. The molecule has 0 aliphatic rings. The highest BCUT2D eigenvalue weighted by Crippen LogP contribution is 2.28. The number of aryl methyl sites for hydroxylation is 1. The lowest BCUT2D eigenvalue weighted by atomic mass is 9.97. The fourth-order valence-electron chi connectivity index (χ4n) is 1.09. The van der Waals surface area contributed by atoms with Crippen LogP contribution in [0.15, 0.2) is 50.0 Å². The van der Waals surface area contributed by atoms with Gasteiger partial charge in [0, 0.05) is 5.03 Å². The van der Waals surface area contributed by atoms with Gasteiger partial charge in [-0.1, -0.05) is 54.6 Å². The maximum Gasteiger partial charge on any atom is 0.299 e. The summed E-state index contributed by atoms with van der Waals surface area (Å²) < 4.78 is 27.0. The van der Waals surface area contributed by atoms with Crippen LogP contribution in [-0.2, 0) is 10.0 Å². The Bertz CT molecular complexity index is 597. The molecule has 0 aliphatic heterocycles. The molecule has 0 saturated carbocycles. The van der Waals surface area contributed by atoms with E-state index in [9.17, 15) is 8.42 Å². The summed E-state index contributed by atoms with van der Waals surface area (Å²) in [5.41, 5.74) is 0.695. The maximum absolute atomic E-state index is 11.8. The van der Waals surface area contributed by atoms with Crippen molar-refractivity contribution in [3.05, 3.63) is 41.1 Å². The summed E-state index contributed by atoms with van der Waals surface area (Å²) >= 11 is 5.97. The molecule has 0 heterocycles. The molecular formula is C13H17ClN2O2S. The summed E-state index contributed by atoms with van der Waals surface area (Å²) in [6.45, 7) is 7.57. The van der Waals surface area contributed by atoms with Crippen LogP contribution in [-0.4, -0.2) is 8.42 Å². The number of halogens is 1. The van der Waals surface area contributed by atoms with Crippen LogP contribution in [0, 0.1) is 12.3 Å². The van der Waals surface area contributed by atoms with Gasteiger partial charge in [-0.15, -0.1) is 5.11 Å². The van der Waals surface area contributed by atoms with E-state index in [1.54, 1.807) is 12.1 Å². The van der Waals surface area contributed by atoms with E-state index < -0.39 is 10.0 Å². The molecule has 0 fully saturated rings. The van der Waals surface area contributed by atoms with Gasteiger partial charge in [0.1, 0.15) is 0 Å². The highest BCUT2D eigenvalue weighted by molar-refractivity contribution is 7.90. The Morgan fingerprint density at radius 2 is 1.74 bits per heavy atom. The summed E-state index contributed by atoms with van der Waals surface area (Å²) in [6.07, 6.45) is 1.26. The third-order valence-electron chi connectivity index (χ3n) is 2.36. The van der Waals surface area contributed by atoms with Crippen LogP contribution in [0.5, 0.6) is 0 Å². The molecule has 6 heteroatoms. The van der Waals surface area contributed by atoms with Gasteiger partial charge in [0.2, 0.25) is 0 Å². The number of allylic oxidation sites excluding steroid dienone is 1. The minimum Gasteiger partial charge on any atom is -0.198 e. The minimum absolute atomic E-state index is 0.113. The number of hydrogen-bond acceptors (Lipinski definition) is 3. The van der Waals surface area contributed by atoms with Crippen molar-refractivity contribution in [2.75, 3.05) is 0 Å². The fraction of sp³-hybridized carbons (Fsp3) is 0.385. The third kappa shape index (κ3) is 4.76. The molecule has 0 radical (unpaired) electrons. The second-order valence-corrected chi connectivity index (χ2v) is 7.20. The Morgan fingerprint density at radius 1 is 1.21 bits per heavy atom. The second kappa shape index (κ2) is 5.84. The van der Waals surface area contributed by atoms with Crippen molar-refractivity contribution in [3.63, 3.8) is 0 Å². The van der Waals surface area contributed by atoms with Crippen molar-refractivity contribution in [1.29, 1.82) is 0 Å². The number of hydrogen-bond donors (Lipinski definition) is 0. The molecule has 19 heavy (non-hydrogen) atoms. The Kier molecular flexibility index (Phi) is 4.87. The van der Waals surface area contributed by atoms with Crippen LogP contribution < -0.4 is 0 Å². The van der Waals surface area contributed by atoms with Crippen LogP contribution in [0.3, 0.4) is 0 Å². The first-order chi connectivity index (χ1) is 8.63. The van der Waals surface area contributed by atoms with Gasteiger partial charge >= 0.3 is 0 Å². The lowest BCUT2D eigenvalue weighted by Crippen LogP contribution is -2.04. The second-order valence-electron chi connectivity index (χ2n) is 5.21. The van der Waals surface area contributed by atoms with Crippen molar-refractivity contribution in [2.24, 2.45) is 15.0 Å². The molecule has 0 atom stereocenters. The summed E-state index contributed by atoms with van der Waals surface area (Å²) in [4.78, 5) is 0.113. The van der Waals surface area contributed by atoms with Gasteiger partial charge < -0.3 is 0 Å². The van der Waals surface area contributed by atoms with E-state index in [0.29, 0.717) is 5.03 Å². The van der Waals surface area contributed by atoms with E-state index >= 15 is 0 Å². The quantitative estimate of drug-likeness (QED) is 0.783. The van der Waals surface area contributed by atoms with Gasteiger partial charge in [-0.2, -0.15) is 8.42 Å². The number of sulfonamides is 1. The molecule has 4 nitrogen and oxygen atoms in total. The molecule has 0 amide bonds. The van der Waals surface area contributed by atoms with Crippen molar-refractivity contribution < 1.29 is 8.42 Å². The average molecular weight is 301 g/mol. The molecule has 0 unspecified atom stereocenters. The molecule has 104 valence electrons. The minimum atomic E-state index is -3.76. The van der Waals surface area contributed by atoms with Crippen LogP contribution in [0.1, 0.15) is 26.3 Å². The first-order valence-electron chi connectivity index (χ1n) is 5.73. The highest BCUT2D eigenvalue weighted by Gasteiger charge is 2.15. The first kappa shape index (κ1) is 15.9. The standard InChI is InChI=1S/C13H17ClN2O2S/c1-10-5-7-11(8-6-10)19(17,18)16-15-9-12(14)13(2,3)4/h5-9H,1-4H3/b12-9-,16-15?. The van der Waals surface area contributed by atoms with Crippen LogP contribution in [0.25, 0.3) is 0 Å². The zero-order chi connectivity index (χ0) is 14.7. The van der Waals surface area contributed by atoms with Crippen molar-refractivity contribution in [2.45, 2.75) is 32.6 Å². The van der Waals surface area contributed by atoms with E-state index in [1.807, 2.05) is 27.7 Å². The van der Waals surface area contributed by atoms with Crippen molar-refractivity contribution in [1.82, 2.24) is 0 Å². The summed E-state index contributed by atoms with van der Waals surface area (Å²) in [7, 11) is -3.76. The zero-order valence-electron chi connectivity index (χ0n) is 11.4. The lowest BCUT2D eigenvalue weighted by Gasteiger charge is -2.15. The smallest absolute Gasteiger partial charge is 0.198 e. The van der Waals surface area contributed by atoms with Crippen LogP contribution >= 0.6 is 11.6 Å². The Hall–Kier alpha value is -1.20. The van der Waals surface area contributed by atoms with E-state index in [4.69, 9.17) is 11.6 Å². The van der Waals surface area contributed by atoms with E-state index in [0.717, 1.165) is 5.56 Å². The zero-order valence-corrected chi connectivity index (χ0v) is 13.0. The average Bonchev–Trinajstić information content (AvgIpc) is 2.28. The van der Waals surface area contributed by atoms with Gasteiger partial charge in [0.15, 0.2) is 0 Å². The van der Waals surface area contributed by atoms with E-state index in [-0.39, 0.29) is 10.3 Å². The summed E-state index contributed by atoms with van der Waals surface area (Å²) in [5, 5.41) is 3.99. The largest absolute Gasteiger partial charge is 0.299 e. The molecule has 0 spiro atoms. The predicted octanol–water partition coefficient (Wildman–Crippen LogP) is 4.26. The van der Waals surface area contributed by atoms with E-state index in [2.05, 4.69) is 9.63 Å². The summed E-state index contributed by atoms with van der Waals surface area (Å²) in [5.74, 6) is 0. The predicted molar refractivity (Wildman–Crippen MR) is 76.6 cm³/mol. The molecule has 0 aliphatic carbocycles. The fourth-order valence-corrected chi connectivity index (χ4v) is 1.88. The number of nitrogens with zero attached hydrogens (tertiary/aromatic N) is 2. The monoisotopic (exact) mass is 300 g/mol. The molecule has 1 aromatic carbocycles. The summed E-state index contributed by atoms with van der Waals surface area (Å²) in [6, 6.07) is 6.41. The molecular weight excluding hydrogens is 284 g/mol. The van der Waals surface area contributed by atoms with Crippen molar-refractivity contribution >= 4 is 21.6 Å². The maximum atomic E-state index is 11.8. The van der Waals surface area contributed by atoms with Gasteiger partial charge in [-0.05, 0) is 24.5 Å². The highest BCUT2D eigenvalue weighted by atomic mass is 35.5. The SMILES string of the molecule is Cc1ccc(S(=O)(=O)N=N/C=C(\Cl)C(C)(C)C)cc1. The Morgan fingerprint density at radius 3 is 2.21 bits per heavy atom. The van der Waals surface area contributed by atoms with Gasteiger partial charge in [0.25, 0.3) is 10.0 Å². The van der Waals surface area contributed by atoms with Crippen molar-refractivity contribution in [3.8, 4) is 0 Å². The molecule has 0 saturated heterocycles. The van der Waals surface area contributed by atoms with Gasteiger partial charge in [0.05, 0.1) is 11.1 Å². The van der Waals surface area contributed by atoms with Crippen LogP contribution in [0.4, 0.5) is 0 Å². The lowest BCUT2D eigenvalue weighted by molar-refractivity contribution is 0.529. The number of benzene rings is 1. The van der Waals surface area contributed by atoms with Gasteiger partial charge in [-0.25, -0.2) is 0 Å². The molecule has 0 N–H and O–H groups in total. The Balaban J connectivity index is 2.95. The molecule has 0 bridgehead atoms. The number of rotatable bonds is 3. The third-order valence-corrected chi connectivity index (χ3v) is 4.20. The molecule has 1 aromatic rings. The van der Waals surface area contributed by atoms with E-state index in [1.165, 1.54) is 18.3 Å². The normalized spacial score (nSPS) is 14.1. The molecule has 1 rings (SSSR count). The van der Waals surface area contributed by atoms with Gasteiger partial charge in [-0.3, -0.25) is 0 Å². The molecule has 0 aromatic heterocycles. The van der Waals surface area contributed by atoms with Crippen LogP contribution in [0.2, 0.25) is 0 Å².